The van der Waals surface area contributed by atoms with Crippen molar-refractivity contribution < 1.29 is 19.1 Å². The first-order valence-corrected chi connectivity index (χ1v) is 11.0. The molecule has 0 aliphatic rings. The molecule has 0 aliphatic carbocycles. The van der Waals surface area contributed by atoms with Gasteiger partial charge in [-0.25, -0.2) is 9.78 Å². The van der Waals surface area contributed by atoms with E-state index >= 15 is 0 Å². The summed E-state index contributed by atoms with van der Waals surface area (Å²) in [7, 11) is 0. The van der Waals surface area contributed by atoms with Crippen molar-refractivity contribution in [3.05, 3.63) is 77.0 Å². The molecule has 1 N–H and O–H groups in total. The Balaban J connectivity index is 1.68. The number of carbonyl (C=O) groups excluding carboxylic acids is 2. The van der Waals surface area contributed by atoms with Crippen molar-refractivity contribution in [2.24, 2.45) is 0 Å². The number of hydrogen-bond donors (Lipinski definition) is 1. The van der Waals surface area contributed by atoms with Gasteiger partial charge in [-0.3, -0.25) is 4.79 Å². The molecule has 0 saturated heterocycles. The lowest BCUT2D eigenvalue weighted by Crippen LogP contribution is -2.23. The molecule has 0 saturated carbocycles. The molecular weight excluding hydrogens is 432 g/mol. The second kappa shape index (κ2) is 9.74. The van der Waals surface area contributed by atoms with Crippen LogP contribution in [0.15, 0.2) is 54.7 Å². The first kappa shape index (κ1) is 23.0. The number of nitrogens with one attached hydrogen (secondary N) is 1. The molecule has 174 valence electrons. The van der Waals surface area contributed by atoms with Crippen molar-refractivity contribution >= 4 is 28.6 Å². The SMILES string of the molecule is CCOC(=O)c1cnn(-c2cc(C)c3cccc(C)c3n2)c1NC(=O)COc1ccc(C)cc1. The highest BCUT2D eigenvalue weighted by molar-refractivity contribution is 6.01. The molecule has 2 heterocycles. The fraction of sp³-hybridized carbons (Fsp3) is 0.231. The number of pyridine rings is 1. The van der Waals surface area contributed by atoms with Gasteiger partial charge in [0.1, 0.15) is 11.3 Å². The van der Waals surface area contributed by atoms with Crippen LogP contribution in [0.4, 0.5) is 5.82 Å². The molecule has 0 aliphatic heterocycles. The Labute approximate surface area is 197 Å². The van der Waals surface area contributed by atoms with Crippen LogP contribution in [0.3, 0.4) is 0 Å². The lowest BCUT2D eigenvalue weighted by molar-refractivity contribution is -0.118. The van der Waals surface area contributed by atoms with Crippen LogP contribution >= 0.6 is 0 Å². The average molecular weight is 459 g/mol. The Morgan fingerprint density at radius 2 is 1.79 bits per heavy atom. The van der Waals surface area contributed by atoms with Crippen molar-refractivity contribution in [3.8, 4) is 11.6 Å². The first-order chi connectivity index (χ1) is 16.4. The van der Waals surface area contributed by atoms with Gasteiger partial charge in [0.15, 0.2) is 18.2 Å². The highest BCUT2D eigenvalue weighted by Crippen LogP contribution is 2.26. The van der Waals surface area contributed by atoms with E-state index in [9.17, 15) is 9.59 Å². The Morgan fingerprint density at radius 3 is 2.53 bits per heavy atom. The Hall–Kier alpha value is -4.20. The molecule has 4 aromatic rings. The maximum Gasteiger partial charge on any atom is 0.343 e. The zero-order valence-corrected chi connectivity index (χ0v) is 19.6. The Bertz CT molecular complexity index is 1360. The lowest BCUT2D eigenvalue weighted by Gasteiger charge is -2.13. The summed E-state index contributed by atoms with van der Waals surface area (Å²) in [5, 5.41) is 8.13. The molecule has 0 bridgehead atoms. The summed E-state index contributed by atoms with van der Waals surface area (Å²) in [4.78, 5) is 30.1. The number of hydrogen-bond acceptors (Lipinski definition) is 6. The van der Waals surface area contributed by atoms with Crippen LogP contribution in [0, 0.1) is 20.8 Å². The second-order valence-electron chi connectivity index (χ2n) is 7.96. The summed E-state index contributed by atoms with van der Waals surface area (Å²) < 4.78 is 12.2. The van der Waals surface area contributed by atoms with Crippen molar-refractivity contribution in [3.63, 3.8) is 0 Å². The number of anilines is 1. The Morgan fingerprint density at radius 1 is 1.03 bits per heavy atom. The minimum absolute atomic E-state index is 0.134. The summed E-state index contributed by atoms with van der Waals surface area (Å²) >= 11 is 0. The summed E-state index contributed by atoms with van der Waals surface area (Å²) in [5.74, 6) is 0.196. The molecule has 8 nitrogen and oxygen atoms in total. The maximum atomic E-state index is 12.8. The Kier molecular flexibility index (Phi) is 6.58. The zero-order valence-electron chi connectivity index (χ0n) is 19.6. The number of amides is 1. The average Bonchev–Trinajstić information content (AvgIpc) is 3.23. The molecule has 2 aromatic heterocycles. The third-order valence-electron chi connectivity index (χ3n) is 5.36. The molecular formula is C26H26N4O4. The number of aryl methyl sites for hydroxylation is 3. The van der Waals surface area contributed by atoms with E-state index in [0.717, 1.165) is 27.6 Å². The van der Waals surface area contributed by atoms with Gasteiger partial charge in [0, 0.05) is 5.39 Å². The van der Waals surface area contributed by atoms with Crippen molar-refractivity contribution in [2.75, 3.05) is 18.5 Å². The minimum Gasteiger partial charge on any atom is -0.484 e. The standard InChI is InChI=1S/C26H26N4O4/c1-5-33-26(32)21-14-27-30(22-13-18(4)20-8-6-7-17(3)24(20)28-22)25(21)29-23(31)15-34-19-11-9-16(2)10-12-19/h6-14H,5,15H2,1-4H3,(H,29,31). The van der Waals surface area contributed by atoms with Gasteiger partial charge in [-0.1, -0.05) is 35.9 Å². The first-order valence-electron chi connectivity index (χ1n) is 11.0. The van der Waals surface area contributed by atoms with E-state index in [0.29, 0.717) is 11.6 Å². The number of aromatic nitrogens is 3. The number of esters is 1. The van der Waals surface area contributed by atoms with E-state index in [-0.39, 0.29) is 24.6 Å². The zero-order chi connectivity index (χ0) is 24.2. The van der Waals surface area contributed by atoms with Gasteiger partial charge in [-0.15, -0.1) is 0 Å². The predicted molar refractivity (Wildman–Crippen MR) is 130 cm³/mol. The number of rotatable bonds is 7. The van der Waals surface area contributed by atoms with E-state index in [4.69, 9.17) is 14.5 Å². The van der Waals surface area contributed by atoms with Gasteiger partial charge in [0.05, 0.1) is 18.3 Å². The van der Waals surface area contributed by atoms with Gasteiger partial charge >= 0.3 is 5.97 Å². The van der Waals surface area contributed by atoms with Gasteiger partial charge < -0.3 is 14.8 Å². The maximum absolute atomic E-state index is 12.8. The van der Waals surface area contributed by atoms with Gasteiger partial charge in [-0.05, 0) is 57.0 Å². The minimum atomic E-state index is -0.586. The van der Waals surface area contributed by atoms with Crippen molar-refractivity contribution in [1.29, 1.82) is 0 Å². The van der Waals surface area contributed by atoms with Crippen LogP contribution in [0.1, 0.15) is 34.0 Å². The molecule has 0 spiro atoms. The summed E-state index contributed by atoms with van der Waals surface area (Å²) in [5.41, 5.74) is 4.06. The molecule has 34 heavy (non-hydrogen) atoms. The predicted octanol–water partition coefficient (Wildman–Crippen LogP) is 4.54. The summed E-state index contributed by atoms with van der Waals surface area (Å²) in [6.07, 6.45) is 1.37. The number of benzene rings is 2. The van der Waals surface area contributed by atoms with Crippen molar-refractivity contribution in [2.45, 2.75) is 27.7 Å². The van der Waals surface area contributed by atoms with E-state index in [2.05, 4.69) is 10.4 Å². The number of nitrogens with zero attached hydrogens (tertiary/aromatic N) is 3. The number of para-hydroxylation sites is 1. The summed E-state index contributed by atoms with van der Waals surface area (Å²) in [6, 6.07) is 15.2. The largest absolute Gasteiger partial charge is 0.484 e. The third-order valence-corrected chi connectivity index (χ3v) is 5.36. The van der Waals surface area contributed by atoms with E-state index < -0.39 is 11.9 Å². The summed E-state index contributed by atoms with van der Waals surface area (Å²) in [6.45, 7) is 7.61. The van der Waals surface area contributed by atoms with Crippen molar-refractivity contribution in [1.82, 2.24) is 14.8 Å². The molecule has 0 radical (unpaired) electrons. The third kappa shape index (κ3) is 4.76. The fourth-order valence-electron chi connectivity index (χ4n) is 3.60. The van der Waals surface area contributed by atoms with Gasteiger partial charge in [-0.2, -0.15) is 9.78 Å². The molecule has 4 rings (SSSR count). The second-order valence-corrected chi connectivity index (χ2v) is 7.96. The lowest BCUT2D eigenvalue weighted by atomic mass is 10.1. The molecule has 1 amide bonds. The van der Waals surface area contributed by atoms with E-state index in [1.807, 2.05) is 57.2 Å². The van der Waals surface area contributed by atoms with Crippen LogP contribution in [0.25, 0.3) is 16.7 Å². The van der Waals surface area contributed by atoms with Crippen LogP contribution < -0.4 is 10.1 Å². The van der Waals surface area contributed by atoms with Gasteiger partial charge in [0.25, 0.3) is 5.91 Å². The van der Waals surface area contributed by atoms with Crippen LogP contribution in [0.5, 0.6) is 5.75 Å². The topological polar surface area (TPSA) is 95.3 Å². The molecule has 0 unspecified atom stereocenters. The fourth-order valence-corrected chi connectivity index (χ4v) is 3.60. The number of fused-ring (bicyclic) bond motifs is 1. The molecule has 2 aromatic carbocycles. The van der Waals surface area contributed by atoms with Crippen LogP contribution in [0.2, 0.25) is 0 Å². The molecule has 0 atom stereocenters. The highest BCUT2D eigenvalue weighted by Gasteiger charge is 2.23. The van der Waals surface area contributed by atoms with Gasteiger partial charge in [0.2, 0.25) is 0 Å². The van der Waals surface area contributed by atoms with E-state index in [1.54, 1.807) is 19.1 Å². The van der Waals surface area contributed by atoms with Crippen LogP contribution in [-0.4, -0.2) is 39.9 Å². The normalized spacial score (nSPS) is 10.8. The molecule has 8 heteroatoms. The monoisotopic (exact) mass is 458 g/mol. The molecule has 0 fully saturated rings. The quantitative estimate of drug-likeness (QED) is 0.409. The van der Waals surface area contributed by atoms with E-state index in [1.165, 1.54) is 10.9 Å². The highest BCUT2D eigenvalue weighted by atomic mass is 16.5. The smallest absolute Gasteiger partial charge is 0.343 e. The number of ether oxygens (including phenoxy) is 2. The number of carbonyl (C=O) groups is 2. The van der Waals surface area contributed by atoms with Crippen LogP contribution in [-0.2, 0) is 9.53 Å².